The Morgan fingerprint density at radius 1 is 1.29 bits per heavy atom. The normalized spacial score (nSPS) is 14.6. The van der Waals surface area contributed by atoms with Crippen LogP contribution < -0.4 is 5.73 Å². The molecule has 1 aromatic carbocycles. The minimum absolute atomic E-state index is 0.113. The van der Waals surface area contributed by atoms with E-state index in [-0.39, 0.29) is 6.04 Å². The highest BCUT2D eigenvalue weighted by Gasteiger charge is 2.13. The van der Waals surface area contributed by atoms with E-state index in [1.165, 1.54) is 0 Å². The second kappa shape index (κ2) is 7.22. The Morgan fingerprint density at radius 3 is 2.59 bits per heavy atom. The maximum absolute atomic E-state index is 6.15. The zero-order chi connectivity index (χ0) is 12.8. The van der Waals surface area contributed by atoms with E-state index in [0.717, 1.165) is 25.0 Å². The molecule has 17 heavy (non-hydrogen) atoms. The molecular formula is C13H19Cl2NO. The van der Waals surface area contributed by atoms with Crippen LogP contribution in [0.5, 0.6) is 0 Å². The van der Waals surface area contributed by atoms with E-state index < -0.39 is 0 Å². The van der Waals surface area contributed by atoms with E-state index in [9.17, 15) is 0 Å². The Hall–Kier alpha value is -0.280. The lowest BCUT2D eigenvalue weighted by molar-refractivity contribution is 0.174. The third-order valence-electron chi connectivity index (χ3n) is 2.96. The Kier molecular flexibility index (Phi) is 6.28. The molecule has 1 aromatic rings. The fraction of sp³-hybridized carbons (Fsp3) is 0.538. The van der Waals surface area contributed by atoms with Gasteiger partial charge in [-0.3, -0.25) is 0 Å². The summed E-state index contributed by atoms with van der Waals surface area (Å²) in [7, 11) is 1.71. The molecule has 0 amide bonds. The van der Waals surface area contributed by atoms with Crippen LogP contribution in [0.2, 0.25) is 10.0 Å². The van der Waals surface area contributed by atoms with E-state index in [0.29, 0.717) is 16.0 Å². The molecule has 96 valence electrons. The summed E-state index contributed by atoms with van der Waals surface area (Å²) >= 11 is 11.8. The lowest BCUT2D eigenvalue weighted by Crippen LogP contribution is -2.31. The minimum atomic E-state index is 0.113. The van der Waals surface area contributed by atoms with Gasteiger partial charge in [0.1, 0.15) is 0 Å². The van der Waals surface area contributed by atoms with Gasteiger partial charge in [-0.2, -0.15) is 0 Å². The standard InChI is InChI=1S/C13H19Cl2NO/c1-9(5-6-17-2)13(16)8-10-3-4-11(14)12(15)7-10/h3-4,7,9,13H,5-6,8,16H2,1-2H3. The Labute approximate surface area is 113 Å². The quantitative estimate of drug-likeness (QED) is 0.862. The number of hydrogen-bond donors (Lipinski definition) is 1. The third kappa shape index (κ3) is 4.84. The Bertz CT molecular complexity index is 357. The molecule has 0 saturated heterocycles. The van der Waals surface area contributed by atoms with E-state index >= 15 is 0 Å². The van der Waals surface area contributed by atoms with Gasteiger partial charge in [0.25, 0.3) is 0 Å². The van der Waals surface area contributed by atoms with Gasteiger partial charge in [-0.05, 0) is 36.5 Å². The van der Waals surface area contributed by atoms with Crippen LogP contribution in [-0.2, 0) is 11.2 Å². The summed E-state index contributed by atoms with van der Waals surface area (Å²) in [6, 6.07) is 5.78. The van der Waals surface area contributed by atoms with Crippen LogP contribution in [0, 0.1) is 5.92 Å². The molecule has 0 bridgehead atoms. The molecule has 2 N–H and O–H groups in total. The fourth-order valence-electron chi connectivity index (χ4n) is 1.66. The van der Waals surface area contributed by atoms with Crippen molar-refractivity contribution in [2.24, 2.45) is 11.7 Å². The molecule has 2 nitrogen and oxygen atoms in total. The van der Waals surface area contributed by atoms with Crippen molar-refractivity contribution in [2.75, 3.05) is 13.7 Å². The summed E-state index contributed by atoms with van der Waals surface area (Å²) < 4.78 is 5.05. The third-order valence-corrected chi connectivity index (χ3v) is 3.70. The average molecular weight is 276 g/mol. The van der Waals surface area contributed by atoms with Crippen molar-refractivity contribution in [3.05, 3.63) is 33.8 Å². The molecule has 4 heteroatoms. The van der Waals surface area contributed by atoms with Gasteiger partial charge < -0.3 is 10.5 Å². The Morgan fingerprint density at radius 2 is 2.00 bits per heavy atom. The van der Waals surface area contributed by atoms with Gasteiger partial charge in [0.15, 0.2) is 0 Å². The number of halogens is 2. The van der Waals surface area contributed by atoms with Gasteiger partial charge in [0.2, 0.25) is 0 Å². The number of hydrogen-bond acceptors (Lipinski definition) is 2. The first-order valence-corrected chi connectivity index (χ1v) is 6.48. The van der Waals surface area contributed by atoms with E-state index in [1.807, 2.05) is 18.2 Å². The number of methoxy groups -OCH3 is 1. The molecule has 0 aromatic heterocycles. The number of nitrogens with two attached hydrogens (primary N) is 1. The molecule has 0 saturated carbocycles. The molecule has 0 fully saturated rings. The molecular weight excluding hydrogens is 257 g/mol. The van der Waals surface area contributed by atoms with Crippen LogP contribution in [-0.4, -0.2) is 19.8 Å². The highest BCUT2D eigenvalue weighted by Crippen LogP contribution is 2.23. The first-order chi connectivity index (χ1) is 8.04. The first-order valence-electron chi connectivity index (χ1n) is 5.73. The van der Waals surface area contributed by atoms with Gasteiger partial charge in [0.05, 0.1) is 10.0 Å². The molecule has 0 aliphatic carbocycles. The summed E-state index contributed by atoms with van der Waals surface area (Å²) in [6.45, 7) is 2.89. The van der Waals surface area contributed by atoms with E-state index in [2.05, 4.69) is 6.92 Å². The summed E-state index contributed by atoms with van der Waals surface area (Å²) in [5, 5.41) is 1.16. The van der Waals surface area contributed by atoms with Gasteiger partial charge in [0, 0.05) is 19.8 Å². The molecule has 1 rings (SSSR count). The molecule has 0 spiro atoms. The summed E-state index contributed by atoms with van der Waals surface area (Å²) in [5.41, 5.74) is 7.27. The van der Waals surface area contributed by atoms with Crippen molar-refractivity contribution in [3.63, 3.8) is 0 Å². The van der Waals surface area contributed by atoms with Crippen molar-refractivity contribution >= 4 is 23.2 Å². The second-order valence-electron chi connectivity index (χ2n) is 4.38. The average Bonchev–Trinajstić information content (AvgIpc) is 2.30. The smallest absolute Gasteiger partial charge is 0.0595 e. The van der Waals surface area contributed by atoms with Gasteiger partial charge in [-0.25, -0.2) is 0 Å². The minimum Gasteiger partial charge on any atom is -0.385 e. The predicted molar refractivity (Wildman–Crippen MR) is 73.8 cm³/mol. The van der Waals surface area contributed by atoms with Crippen LogP contribution in [0.1, 0.15) is 18.9 Å². The maximum Gasteiger partial charge on any atom is 0.0595 e. The van der Waals surface area contributed by atoms with Crippen molar-refractivity contribution in [2.45, 2.75) is 25.8 Å². The van der Waals surface area contributed by atoms with Crippen molar-refractivity contribution in [1.82, 2.24) is 0 Å². The SMILES string of the molecule is COCCC(C)C(N)Cc1ccc(Cl)c(Cl)c1. The fourth-order valence-corrected chi connectivity index (χ4v) is 1.98. The van der Waals surface area contributed by atoms with Crippen molar-refractivity contribution in [1.29, 1.82) is 0 Å². The maximum atomic E-state index is 6.15. The molecule has 0 radical (unpaired) electrons. The highest BCUT2D eigenvalue weighted by atomic mass is 35.5. The monoisotopic (exact) mass is 275 g/mol. The first kappa shape index (κ1) is 14.8. The second-order valence-corrected chi connectivity index (χ2v) is 5.19. The Balaban J connectivity index is 2.55. The van der Waals surface area contributed by atoms with Crippen LogP contribution in [0.15, 0.2) is 18.2 Å². The van der Waals surface area contributed by atoms with Crippen molar-refractivity contribution < 1.29 is 4.74 Å². The predicted octanol–water partition coefficient (Wildman–Crippen LogP) is 3.54. The van der Waals surface area contributed by atoms with Crippen LogP contribution in [0.25, 0.3) is 0 Å². The van der Waals surface area contributed by atoms with Crippen molar-refractivity contribution in [3.8, 4) is 0 Å². The lowest BCUT2D eigenvalue weighted by Gasteiger charge is -2.19. The van der Waals surface area contributed by atoms with Crippen LogP contribution >= 0.6 is 23.2 Å². The zero-order valence-corrected chi connectivity index (χ0v) is 11.8. The zero-order valence-electron chi connectivity index (χ0n) is 10.2. The summed E-state index contributed by atoms with van der Waals surface area (Å²) in [6.07, 6.45) is 1.78. The van der Waals surface area contributed by atoms with Gasteiger partial charge >= 0.3 is 0 Å². The van der Waals surface area contributed by atoms with Crippen LogP contribution in [0.3, 0.4) is 0 Å². The van der Waals surface area contributed by atoms with Gasteiger partial charge in [-0.1, -0.05) is 36.2 Å². The highest BCUT2D eigenvalue weighted by molar-refractivity contribution is 6.42. The number of rotatable bonds is 6. The lowest BCUT2D eigenvalue weighted by atomic mass is 9.93. The topological polar surface area (TPSA) is 35.2 Å². The van der Waals surface area contributed by atoms with Gasteiger partial charge in [-0.15, -0.1) is 0 Å². The largest absolute Gasteiger partial charge is 0.385 e. The van der Waals surface area contributed by atoms with Crippen LogP contribution in [0.4, 0.5) is 0 Å². The van der Waals surface area contributed by atoms with E-state index in [4.69, 9.17) is 33.7 Å². The molecule has 0 aliphatic heterocycles. The summed E-state index contributed by atoms with van der Waals surface area (Å²) in [4.78, 5) is 0. The molecule has 2 atom stereocenters. The molecule has 0 heterocycles. The number of benzene rings is 1. The number of ether oxygens (including phenoxy) is 1. The summed E-state index contributed by atoms with van der Waals surface area (Å²) in [5.74, 6) is 0.421. The molecule has 2 unspecified atom stereocenters. The van der Waals surface area contributed by atoms with E-state index in [1.54, 1.807) is 7.11 Å². The molecule has 0 aliphatic rings.